The minimum absolute atomic E-state index is 0.0876. The predicted molar refractivity (Wildman–Crippen MR) is 122 cm³/mol. The summed E-state index contributed by atoms with van der Waals surface area (Å²) in [6.45, 7) is 4.68. The molecule has 0 aliphatic heterocycles. The molecule has 0 spiro atoms. The van der Waals surface area contributed by atoms with Crippen molar-refractivity contribution in [2.75, 3.05) is 0 Å². The van der Waals surface area contributed by atoms with Crippen LogP contribution in [0.5, 0.6) is 0 Å². The van der Waals surface area contributed by atoms with Crippen molar-refractivity contribution >= 4 is 0 Å². The number of benzene rings is 1. The molecule has 4 rings (SSSR count). The van der Waals surface area contributed by atoms with E-state index in [0.717, 1.165) is 29.2 Å². The molecule has 1 heteroatoms. The molecule has 0 amide bonds. The first-order valence-corrected chi connectivity index (χ1v) is 12.9. The monoisotopic (exact) mass is 398 g/mol. The van der Waals surface area contributed by atoms with Gasteiger partial charge < -0.3 is 0 Å². The fraction of sp³-hybridized carbons (Fsp3) is 0.786. The molecule has 162 valence electrons. The molecule has 1 aromatic rings. The van der Waals surface area contributed by atoms with Gasteiger partial charge in [-0.2, -0.15) is 0 Å². The molecule has 3 fully saturated rings. The van der Waals surface area contributed by atoms with Crippen LogP contribution in [0.1, 0.15) is 127 Å². The number of halogens is 1. The van der Waals surface area contributed by atoms with Crippen molar-refractivity contribution in [3.8, 4) is 0 Å². The second-order valence-corrected chi connectivity index (χ2v) is 10.9. The predicted octanol–water partition coefficient (Wildman–Crippen LogP) is 9.00. The van der Waals surface area contributed by atoms with E-state index >= 15 is 4.39 Å². The van der Waals surface area contributed by atoms with Gasteiger partial charge in [0.2, 0.25) is 0 Å². The molecule has 0 nitrogen and oxygen atoms in total. The molecule has 0 N–H and O–H groups in total. The maximum Gasteiger partial charge on any atom is 0.126 e. The van der Waals surface area contributed by atoms with Gasteiger partial charge >= 0.3 is 0 Å². The van der Waals surface area contributed by atoms with Crippen LogP contribution in [0.4, 0.5) is 4.39 Å². The maximum absolute atomic E-state index is 15.0. The van der Waals surface area contributed by atoms with Crippen molar-refractivity contribution in [3.05, 3.63) is 35.1 Å². The first-order chi connectivity index (χ1) is 14.1. The third kappa shape index (κ3) is 5.26. The average molecular weight is 399 g/mol. The fourth-order valence-electron chi connectivity index (χ4n) is 6.98. The molecule has 0 bridgehead atoms. The Bertz CT molecular complexity index is 626. The summed E-state index contributed by atoms with van der Waals surface area (Å²) >= 11 is 0. The van der Waals surface area contributed by atoms with Crippen LogP contribution >= 0.6 is 0 Å². The van der Waals surface area contributed by atoms with Crippen LogP contribution in [0.25, 0.3) is 0 Å². The van der Waals surface area contributed by atoms with E-state index in [2.05, 4.69) is 26.0 Å². The topological polar surface area (TPSA) is 0 Å². The molecule has 0 heterocycles. The van der Waals surface area contributed by atoms with Gasteiger partial charge in [-0.15, -0.1) is 0 Å². The summed E-state index contributed by atoms with van der Waals surface area (Å²) in [6, 6.07) is 6.32. The summed E-state index contributed by atoms with van der Waals surface area (Å²) in [6.07, 6.45) is 18.8. The third-order valence-electron chi connectivity index (χ3n) is 8.98. The zero-order valence-electron chi connectivity index (χ0n) is 19.0. The van der Waals surface area contributed by atoms with Crippen LogP contribution in [-0.2, 0) is 0 Å². The highest BCUT2D eigenvalue weighted by molar-refractivity contribution is 5.30. The van der Waals surface area contributed by atoms with E-state index in [4.69, 9.17) is 0 Å². The first-order valence-electron chi connectivity index (χ1n) is 12.9. The molecule has 3 aliphatic carbocycles. The normalized spacial score (nSPS) is 36.1. The van der Waals surface area contributed by atoms with Crippen molar-refractivity contribution in [1.82, 2.24) is 0 Å². The number of hydrogen-bond donors (Lipinski definition) is 0. The maximum atomic E-state index is 15.0. The Balaban J connectivity index is 1.29. The molecule has 0 unspecified atom stereocenters. The summed E-state index contributed by atoms with van der Waals surface area (Å²) in [5.41, 5.74) is 2.28. The lowest BCUT2D eigenvalue weighted by Crippen LogP contribution is -2.25. The lowest BCUT2D eigenvalue weighted by molar-refractivity contribution is 0.156. The van der Waals surface area contributed by atoms with E-state index in [9.17, 15) is 0 Å². The van der Waals surface area contributed by atoms with Gasteiger partial charge in [-0.1, -0.05) is 64.5 Å². The molecule has 0 atom stereocenters. The fourth-order valence-corrected chi connectivity index (χ4v) is 6.98. The van der Waals surface area contributed by atoms with E-state index in [-0.39, 0.29) is 5.82 Å². The van der Waals surface area contributed by atoms with E-state index in [1.54, 1.807) is 0 Å². The quantitative estimate of drug-likeness (QED) is 0.464. The molecule has 0 saturated heterocycles. The Hall–Kier alpha value is -0.850. The molecule has 1 aromatic carbocycles. The molecule has 3 saturated carbocycles. The zero-order chi connectivity index (χ0) is 20.2. The minimum atomic E-state index is 0.0876. The van der Waals surface area contributed by atoms with Crippen molar-refractivity contribution in [2.45, 2.75) is 116 Å². The van der Waals surface area contributed by atoms with Crippen LogP contribution in [0.2, 0.25) is 0 Å². The van der Waals surface area contributed by atoms with Crippen LogP contribution < -0.4 is 0 Å². The Morgan fingerprint density at radius 3 is 1.93 bits per heavy atom. The van der Waals surface area contributed by atoms with Crippen molar-refractivity contribution in [3.63, 3.8) is 0 Å². The second-order valence-electron chi connectivity index (χ2n) is 10.9. The largest absolute Gasteiger partial charge is 0.207 e. The smallest absolute Gasteiger partial charge is 0.126 e. The van der Waals surface area contributed by atoms with Crippen LogP contribution in [0.15, 0.2) is 18.2 Å². The van der Waals surface area contributed by atoms with Crippen LogP contribution in [0, 0.1) is 29.5 Å². The highest BCUT2D eigenvalue weighted by atomic mass is 19.1. The SMILES string of the molecule is CCCC1CCC(C2CCC(c3ccc(C4CCC(C)CC4)cc3F)CC2)CC1. The molecule has 29 heavy (non-hydrogen) atoms. The van der Waals surface area contributed by atoms with E-state index in [1.807, 2.05) is 6.07 Å². The number of rotatable bonds is 5. The minimum Gasteiger partial charge on any atom is -0.207 e. The summed E-state index contributed by atoms with van der Waals surface area (Å²) in [5.74, 6) is 4.88. The first kappa shape index (κ1) is 21.4. The van der Waals surface area contributed by atoms with Gasteiger partial charge in [-0.25, -0.2) is 4.39 Å². The average Bonchev–Trinajstić information content (AvgIpc) is 2.75. The van der Waals surface area contributed by atoms with Crippen molar-refractivity contribution in [1.29, 1.82) is 0 Å². The lowest BCUT2D eigenvalue weighted by Gasteiger charge is -2.38. The van der Waals surface area contributed by atoms with Gasteiger partial charge in [0.25, 0.3) is 0 Å². The molecular formula is C28H43F. The standard InChI is InChI=1S/C28H43F/c1-3-4-21-7-11-22(12-8-21)23-13-15-25(16-14-23)27-18-17-26(19-28(27)29)24-9-5-20(2)6-10-24/h17-25H,3-16H2,1-2H3. The van der Waals surface area contributed by atoms with Gasteiger partial charge in [0.05, 0.1) is 0 Å². The molecular weight excluding hydrogens is 355 g/mol. The Kier molecular flexibility index (Phi) is 7.35. The summed E-state index contributed by atoms with van der Waals surface area (Å²) in [4.78, 5) is 0. The molecule has 0 aromatic heterocycles. The number of hydrogen-bond acceptors (Lipinski definition) is 0. The summed E-state index contributed by atoms with van der Waals surface area (Å²) in [7, 11) is 0. The van der Waals surface area contributed by atoms with Gasteiger partial charge in [0.15, 0.2) is 0 Å². The van der Waals surface area contributed by atoms with Crippen LogP contribution in [-0.4, -0.2) is 0 Å². The van der Waals surface area contributed by atoms with Gasteiger partial charge in [-0.3, -0.25) is 0 Å². The Morgan fingerprint density at radius 1 is 0.759 bits per heavy atom. The highest BCUT2D eigenvalue weighted by Crippen LogP contribution is 2.45. The highest BCUT2D eigenvalue weighted by Gasteiger charge is 2.32. The zero-order valence-corrected chi connectivity index (χ0v) is 19.0. The van der Waals surface area contributed by atoms with Gasteiger partial charge in [-0.05, 0) is 104 Å². The second kappa shape index (κ2) is 9.97. The van der Waals surface area contributed by atoms with Crippen LogP contribution in [0.3, 0.4) is 0 Å². The van der Waals surface area contributed by atoms with Crippen molar-refractivity contribution in [2.24, 2.45) is 23.7 Å². The lowest BCUT2D eigenvalue weighted by atomic mass is 9.68. The van der Waals surface area contributed by atoms with Crippen molar-refractivity contribution < 1.29 is 4.39 Å². The summed E-state index contributed by atoms with van der Waals surface area (Å²) < 4.78 is 15.0. The van der Waals surface area contributed by atoms with Gasteiger partial charge in [0.1, 0.15) is 5.82 Å². The summed E-state index contributed by atoms with van der Waals surface area (Å²) in [5, 5.41) is 0. The van der Waals surface area contributed by atoms with Gasteiger partial charge in [0, 0.05) is 0 Å². The Labute approximate surface area is 179 Å². The molecule has 3 aliphatic rings. The van der Waals surface area contributed by atoms with E-state index in [0.29, 0.717) is 11.8 Å². The van der Waals surface area contributed by atoms with E-state index < -0.39 is 0 Å². The Morgan fingerprint density at radius 2 is 1.34 bits per heavy atom. The molecule has 0 radical (unpaired) electrons. The third-order valence-corrected chi connectivity index (χ3v) is 8.98. The van der Waals surface area contributed by atoms with E-state index in [1.165, 1.54) is 95.5 Å².